The van der Waals surface area contributed by atoms with E-state index in [-0.39, 0.29) is 11.8 Å². The van der Waals surface area contributed by atoms with E-state index in [2.05, 4.69) is 20.8 Å². The van der Waals surface area contributed by atoms with Crippen molar-refractivity contribution in [2.24, 2.45) is 0 Å². The molecule has 1 aromatic heterocycles. The molecular formula is C21H21ClN4O2S2. The first kappa shape index (κ1) is 22.3. The molecule has 30 heavy (non-hydrogen) atoms. The lowest BCUT2D eigenvalue weighted by molar-refractivity contribution is -0.118. The molecule has 9 heteroatoms. The second-order valence-electron chi connectivity index (χ2n) is 6.54. The molecule has 0 unspecified atom stereocenters. The molecule has 2 N–H and O–H groups in total. The maximum Gasteiger partial charge on any atom is 0.286 e. The summed E-state index contributed by atoms with van der Waals surface area (Å²) < 4.78 is 0. The van der Waals surface area contributed by atoms with Crippen molar-refractivity contribution < 1.29 is 9.59 Å². The lowest BCUT2D eigenvalue weighted by atomic mass is 10.1. The number of aromatic nitrogens is 2. The molecule has 1 heterocycles. The van der Waals surface area contributed by atoms with Crippen molar-refractivity contribution in [3.05, 3.63) is 74.7 Å². The van der Waals surface area contributed by atoms with E-state index in [4.69, 9.17) is 11.6 Å². The number of carbonyl (C=O) groups is 2. The number of hydrogen-bond acceptors (Lipinski definition) is 6. The van der Waals surface area contributed by atoms with Gasteiger partial charge in [0, 0.05) is 23.0 Å². The molecule has 0 saturated heterocycles. The highest BCUT2D eigenvalue weighted by atomic mass is 35.5. The first-order valence-electron chi connectivity index (χ1n) is 9.29. The number of anilines is 1. The Morgan fingerprint density at radius 3 is 2.53 bits per heavy atom. The Morgan fingerprint density at radius 2 is 1.80 bits per heavy atom. The quantitative estimate of drug-likeness (QED) is 0.496. The molecule has 156 valence electrons. The third-order valence-electron chi connectivity index (χ3n) is 4.08. The van der Waals surface area contributed by atoms with Crippen LogP contribution in [0.3, 0.4) is 0 Å². The van der Waals surface area contributed by atoms with Crippen molar-refractivity contribution in [3.63, 3.8) is 0 Å². The highest BCUT2D eigenvalue weighted by molar-refractivity contribution is 7.99. The number of nitrogens with one attached hydrogen (secondary N) is 2. The number of benzene rings is 2. The molecule has 0 atom stereocenters. The fraction of sp³-hybridized carbons (Fsp3) is 0.238. The van der Waals surface area contributed by atoms with Crippen LogP contribution in [0.1, 0.15) is 25.9 Å². The predicted molar refractivity (Wildman–Crippen MR) is 123 cm³/mol. The SMILES string of the molecule is Cc1ccc(NC(=O)c2nnc(CSCC(=O)NCCc3ccc(Cl)cc3)s2)cc1. The van der Waals surface area contributed by atoms with Crippen molar-refractivity contribution in [3.8, 4) is 0 Å². The van der Waals surface area contributed by atoms with Crippen molar-refractivity contribution in [1.82, 2.24) is 15.5 Å². The van der Waals surface area contributed by atoms with Crippen molar-refractivity contribution in [2.75, 3.05) is 17.6 Å². The number of halogens is 1. The van der Waals surface area contributed by atoms with E-state index in [0.29, 0.717) is 38.8 Å². The first-order chi connectivity index (χ1) is 14.5. The van der Waals surface area contributed by atoms with Crippen LogP contribution in [-0.2, 0) is 17.0 Å². The van der Waals surface area contributed by atoms with Crippen LogP contribution < -0.4 is 10.6 Å². The molecule has 0 aliphatic carbocycles. The van der Waals surface area contributed by atoms with Crippen molar-refractivity contribution in [1.29, 1.82) is 0 Å². The maximum absolute atomic E-state index is 12.3. The largest absolute Gasteiger partial charge is 0.355 e. The topological polar surface area (TPSA) is 84.0 Å². The summed E-state index contributed by atoms with van der Waals surface area (Å²) in [7, 11) is 0. The highest BCUT2D eigenvalue weighted by Gasteiger charge is 2.13. The number of thioether (sulfide) groups is 1. The summed E-state index contributed by atoms with van der Waals surface area (Å²) >= 11 is 8.53. The third kappa shape index (κ3) is 7.12. The number of carbonyl (C=O) groups excluding carboxylic acids is 2. The summed E-state index contributed by atoms with van der Waals surface area (Å²) in [5, 5.41) is 15.4. The minimum atomic E-state index is -0.285. The summed E-state index contributed by atoms with van der Waals surface area (Å²) in [6.07, 6.45) is 0.753. The standard InChI is InChI=1S/C21H21ClN4O2S2/c1-14-2-8-17(9-3-14)24-20(28)21-26-25-19(30-21)13-29-12-18(27)23-11-10-15-4-6-16(22)7-5-15/h2-9H,10-13H2,1H3,(H,23,27)(H,24,28). The molecule has 0 saturated carbocycles. The second-order valence-corrected chi connectivity index (χ2v) is 9.02. The summed E-state index contributed by atoms with van der Waals surface area (Å²) in [5.41, 5.74) is 2.96. The molecule has 3 aromatic rings. The smallest absolute Gasteiger partial charge is 0.286 e. The van der Waals surface area contributed by atoms with E-state index < -0.39 is 0 Å². The lowest BCUT2D eigenvalue weighted by Gasteiger charge is -2.05. The Labute approximate surface area is 188 Å². The highest BCUT2D eigenvalue weighted by Crippen LogP contribution is 2.18. The zero-order valence-corrected chi connectivity index (χ0v) is 18.7. The lowest BCUT2D eigenvalue weighted by Crippen LogP contribution is -2.27. The Bertz CT molecular complexity index is 991. The van der Waals surface area contributed by atoms with E-state index in [1.54, 1.807) is 0 Å². The van der Waals surface area contributed by atoms with Gasteiger partial charge in [0.25, 0.3) is 5.91 Å². The van der Waals surface area contributed by atoms with Crippen molar-refractivity contribution >= 4 is 52.2 Å². The van der Waals surface area contributed by atoms with Crippen LogP contribution in [0.5, 0.6) is 0 Å². The Balaban J connectivity index is 1.36. The Kier molecular flexibility index (Phi) is 8.24. The van der Waals surface area contributed by atoms with Gasteiger partial charge in [-0.15, -0.1) is 22.0 Å². The fourth-order valence-corrected chi connectivity index (χ4v) is 4.27. The number of hydrogen-bond donors (Lipinski definition) is 2. The van der Waals surface area contributed by atoms with E-state index in [1.807, 2.05) is 55.5 Å². The van der Waals surface area contributed by atoms with Gasteiger partial charge in [-0.3, -0.25) is 9.59 Å². The van der Waals surface area contributed by atoms with Crippen LogP contribution >= 0.6 is 34.7 Å². The third-order valence-corrected chi connectivity index (χ3v) is 6.38. The van der Waals surface area contributed by atoms with Crippen LogP contribution in [0.4, 0.5) is 5.69 Å². The second kappa shape index (κ2) is 11.1. The van der Waals surface area contributed by atoms with E-state index in [1.165, 1.54) is 23.1 Å². The Morgan fingerprint density at radius 1 is 1.07 bits per heavy atom. The average molecular weight is 461 g/mol. The van der Waals surface area contributed by atoms with Gasteiger partial charge >= 0.3 is 0 Å². The maximum atomic E-state index is 12.3. The van der Waals surface area contributed by atoms with E-state index in [9.17, 15) is 9.59 Å². The molecule has 3 rings (SSSR count). The summed E-state index contributed by atoms with van der Waals surface area (Å²) in [6.45, 7) is 2.56. The molecular weight excluding hydrogens is 440 g/mol. The summed E-state index contributed by atoms with van der Waals surface area (Å²) in [6, 6.07) is 15.1. The first-order valence-corrected chi connectivity index (χ1v) is 11.6. The summed E-state index contributed by atoms with van der Waals surface area (Å²) in [4.78, 5) is 24.2. The molecule has 0 fully saturated rings. The molecule has 0 aliphatic heterocycles. The van der Waals surface area contributed by atoms with E-state index >= 15 is 0 Å². The number of nitrogens with zero attached hydrogens (tertiary/aromatic N) is 2. The van der Waals surface area contributed by atoms with Crippen LogP contribution in [-0.4, -0.2) is 34.3 Å². The van der Waals surface area contributed by atoms with Crippen LogP contribution in [0.25, 0.3) is 0 Å². The Hall–Kier alpha value is -2.42. The normalized spacial score (nSPS) is 10.6. The van der Waals surface area contributed by atoms with E-state index in [0.717, 1.165) is 17.5 Å². The molecule has 0 radical (unpaired) electrons. The molecule has 6 nitrogen and oxygen atoms in total. The zero-order chi connectivity index (χ0) is 21.3. The minimum absolute atomic E-state index is 0.0317. The van der Waals surface area contributed by atoms with Gasteiger partial charge in [0.15, 0.2) is 0 Å². The zero-order valence-electron chi connectivity index (χ0n) is 16.4. The van der Waals surface area contributed by atoms with Gasteiger partial charge in [-0.1, -0.05) is 52.8 Å². The molecule has 2 amide bonds. The van der Waals surface area contributed by atoms with Crippen LogP contribution in [0.15, 0.2) is 48.5 Å². The molecule has 0 spiro atoms. The molecule has 0 bridgehead atoms. The van der Waals surface area contributed by atoms with Gasteiger partial charge in [0.1, 0.15) is 5.01 Å². The number of rotatable bonds is 9. The average Bonchev–Trinajstić information content (AvgIpc) is 3.20. The van der Waals surface area contributed by atoms with Gasteiger partial charge in [-0.25, -0.2) is 0 Å². The monoisotopic (exact) mass is 460 g/mol. The minimum Gasteiger partial charge on any atom is -0.355 e. The fourth-order valence-electron chi connectivity index (χ4n) is 2.50. The van der Waals surface area contributed by atoms with Gasteiger partial charge in [-0.2, -0.15) is 0 Å². The predicted octanol–water partition coefficient (Wildman–Crippen LogP) is 4.34. The van der Waals surface area contributed by atoms with Crippen LogP contribution in [0.2, 0.25) is 5.02 Å². The summed E-state index contributed by atoms with van der Waals surface area (Å²) in [5.74, 6) is 0.536. The molecule has 2 aromatic carbocycles. The van der Waals surface area contributed by atoms with Gasteiger partial charge < -0.3 is 10.6 Å². The van der Waals surface area contributed by atoms with Crippen molar-refractivity contribution in [2.45, 2.75) is 19.1 Å². The van der Waals surface area contributed by atoms with Crippen LogP contribution in [0, 0.1) is 6.92 Å². The van der Waals surface area contributed by atoms with Gasteiger partial charge in [-0.05, 0) is 43.2 Å². The van der Waals surface area contributed by atoms with Gasteiger partial charge in [0.2, 0.25) is 10.9 Å². The van der Waals surface area contributed by atoms with Gasteiger partial charge in [0.05, 0.1) is 5.75 Å². The molecule has 0 aliphatic rings. The number of aryl methyl sites for hydroxylation is 1. The number of amides is 2.